The van der Waals surface area contributed by atoms with Crippen LogP contribution in [0.2, 0.25) is 0 Å². The van der Waals surface area contributed by atoms with Crippen LogP contribution in [-0.2, 0) is 11.3 Å². The Labute approximate surface area is 189 Å². The first kappa shape index (κ1) is 23.4. The maximum atomic E-state index is 12.6. The Morgan fingerprint density at radius 3 is 2.52 bits per heavy atom. The highest BCUT2D eigenvalue weighted by Crippen LogP contribution is 2.28. The number of piperidine rings is 1. The Morgan fingerprint density at radius 2 is 1.87 bits per heavy atom. The van der Waals surface area contributed by atoms with Crippen LogP contribution in [0.15, 0.2) is 47.4 Å². The normalized spacial score (nSPS) is 14.9. The molecular formula is C24H32N2O4S. The maximum absolute atomic E-state index is 12.6. The molecule has 31 heavy (non-hydrogen) atoms. The van der Waals surface area contributed by atoms with Crippen LogP contribution in [0.4, 0.5) is 0 Å². The molecule has 0 aliphatic carbocycles. The number of carbonyl (C=O) groups excluding carboxylic acids is 1. The highest BCUT2D eigenvalue weighted by Gasteiger charge is 2.23. The number of carbonyl (C=O) groups is 1. The summed E-state index contributed by atoms with van der Waals surface area (Å²) in [4.78, 5) is 16.3. The second kappa shape index (κ2) is 12.0. The van der Waals surface area contributed by atoms with Crippen LogP contribution in [0.5, 0.6) is 11.5 Å². The van der Waals surface area contributed by atoms with Crippen molar-refractivity contribution in [3.8, 4) is 11.5 Å². The van der Waals surface area contributed by atoms with Gasteiger partial charge in [-0.2, -0.15) is 0 Å². The van der Waals surface area contributed by atoms with Crippen LogP contribution < -0.4 is 14.8 Å². The molecule has 1 aliphatic heterocycles. The Bertz CT molecular complexity index is 836. The Hall–Kier alpha value is -2.22. The number of benzene rings is 2. The molecule has 0 aromatic heterocycles. The number of likely N-dealkylation sites (tertiary alicyclic amines) is 1. The average molecular weight is 445 g/mol. The number of nitrogens with zero attached hydrogens (tertiary/aromatic N) is 1. The van der Waals surface area contributed by atoms with E-state index in [0.717, 1.165) is 32.5 Å². The van der Waals surface area contributed by atoms with E-state index in [2.05, 4.69) is 40.7 Å². The van der Waals surface area contributed by atoms with Crippen LogP contribution >= 0.6 is 11.8 Å². The Balaban J connectivity index is 1.57. The summed E-state index contributed by atoms with van der Waals surface area (Å²) in [6.45, 7) is 3.81. The van der Waals surface area contributed by atoms with Crippen molar-refractivity contribution in [1.29, 1.82) is 0 Å². The fourth-order valence-electron chi connectivity index (χ4n) is 3.63. The lowest BCUT2D eigenvalue weighted by molar-refractivity contribution is 0.0881. The molecule has 1 amide bonds. The van der Waals surface area contributed by atoms with Crippen molar-refractivity contribution in [3.63, 3.8) is 0 Å². The molecule has 1 aliphatic rings. The topological polar surface area (TPSA) is 60.0 Å². The van der Waals surface area contributed by atoms with Gasteiger partial charge in [-0.05, 0) is 48.9 Å². The molecule has 0 unspecified atom stereocenters. The van der Waals surface area contributed by atoms with Gasteiger partial charge in [-0.3, -0.25) is 9.69 Å². The fraction of sp³-hybridized carbons (Fsp3) is 0.458. The fourth-order valence-corrected chi connectivity index (χ4v) is 4.04. The molecule has 7 heteroatoms. The molecule has 0 radical (unpaired) electrons. The van der Waals surface area contributed by atoms with E-state index in [9.17, 15) is 4.79 Å². The minimum atomic E-state index is -0.166. The largest absolute Gasteiger partial charge is 0.497 e. The standard InChI is InChI=1S/C24H32N2O4S/c1-28-15-12-25-24(27)22-9-6-20(29-2)16-23(22)30-19-10-13-26(14-11-19)17-18-4-7-21(31-3)8-5-18/h4-9,16,19H,10-15,17H2,1-3H3,(H,25,27). The molecule has 1 fully saturated rings. The molecule has 0 saturated carbocycles. The second-order valence-electron chi connectivity index (χ2n) is 7.55. The molecule has 1 N–H and O–H groups in total. The van der Waals surface area contributed by atoms with E-state index >= 15 is 0 Å². The van der Waals surface area contributed by atoms with Gasteiger partial charge in [0.25, 0.3) is 5.91 Å². The summed E-state index contributed by atoms with van der Waals surface area (Å²) in [5.41, 5.74) is 1.85. The zero-order chi connectivity index (χ0) is 22.1. The average Bonchev–Trinajstić information content (AvgIpc) is 2.81. The predicted molar refractivity (Wildman–Crippen MR) is 124 cm³/mol. The van der Waals surface area contributed by atoms with E-state index in [1.54, 1.807) is 44.2 Å². The smallest absolute Gasteiger partial charge is 0.255 e. The summed E-state index contributed by atoms with van der Waals surface area (Å²) in [5, 5.41) is 2.86. The van der Waals surface area contributed by atoms with E-state index < -0.39 is 0 Å². The lowest BCUT2D eigenvalue weighted by atomic mass is 10.1. The third-order valence-corrected chi connectivity index (χ3v) is 6.16. The highest BCUT2D eigenvalue weighted by molar-refractivity contribution is 7.98. The quantitative estimate of drug-likeness (QED) is 0.444. The zero-order valence-electron chi connectivity index (χ0n) is 18.6. The maximum Gasteiger partial charge on any atom is 0.255 e. The van der Waals surface area contributed by atoms with Crippen molar-refractivity contribution >= 4 is 17.7 Å². The van der Waals surface area contributed by atoms with Gasteiger partial charge in [-0.15, -0.1) is 11.8 Å². The summed E-state index contributed by atoms with van der Waals surface area (Å²) < 4.78 is 16.6. The number of rotatable bonds is 10. The lowest BCUT2D eigenvalue weighted by Gasteiger charge is -2.32. The molecule has 6 nitrogen and oxygen atoms in total. The van der Waals surface area contributed by atoms with Gasteiger partial charge in [0.2, 0.25) is 0 Å². The summed E-state index contributed by atoms with van der Waals surface area (Å²) in [6, 6.07) is 14.1. The number of ether oxygens (including phenoxy) is 3. The number of thioether (sulfide) groups is 1. The Kier molecular flexibility index (Phi) is 9.06. The van der Waals surface area contributed by atoms with Gasteiger partial charge in [-0.25, -0.2) is 0 Å². The molecular weight excluding hydrogens is 412 g/mol. The number of hydrogen-bond acceptors (Lipinski definition) is 6. The van der Waals surface area contributed by atoms with Crippen LogP contribution in [0.3, 0.4) is 0 Å². The number of methoxy groups -OCH3 is 2. The molecule has 1 heterocycles. The van der Waals surface area contributed by atoms with E-state index in [0.29, 0.717) is 30.2 Å². The SMILES string of the molecule is COCCNC(=O)c1ccc(OC)cc1OC1CCN(Cc2ccc(SC)cc2)CC1. The second-order valence-corrected chi connectivity index (χ2v) is 8.43. The monoisotopic (exact) mass is 444 g/mol. The van der Waals surface area contributed by atoms with E-state index in [1.165, 1.54) is 10.5 Å². The van der Waals surface area contributed by atoms with Crippen molar-refractivity contribution in [3.05, 3.63) is 53.6 Å². The van der Waals surface area contributed by atoms with Gasteiger partial charge < -0.3 is 19.5 Å². The minimum Gasteiger partial charge on any atom is -0.497 e. The van der Waals surface area contributed by atoms with Crippen molar-refractivity contribution in [2.45, 2.75) is 30.4 Å². The minimum absolute atomic E-state index is 0.0766. The van der Waals surface area contributed by atoms with Crippen LogP contribution in [0, 0.1) is 0 Å². The van der Waals surface area contributed by atoms with E-state index in [1.807, 2.05) is 0 Å². The first-order valence-electron chi connectivity index (χ1n) is 10.6. The summed E-state index contributed by atoms with van der Waals surface area (Å²) in [6.07, 6.45) is 4.01. The molecule has 3 rings (SSSR count). The van der Waals surface area contributed by atoms with E-state index in [4.69, 9.17) is 14.2 Å². The van der Waals surface area contributed by atoms with Crippen molar-refractivity contribution in [2.24, 2.45) is 0 Å². The van der Waals surface area contributed by atoms with Crippen molar-refractivity contribution in [1.82, 2.24) is 10.2 Å². The first-order chi connectivity index (χ1) is 15.1. The first-order valence-corrected chi connectivity index (χ1v) is 11.8. The van der Waals surface area contributed by atoms with Crippen LogP contribution in [-0.4, -0.2) is 63.6 Å². The predicted octanol–water partition coefficient (Wildman–Crippen LogP) is 3.84. The van der Waals surface area contributed by atoms with Crippen LogP contribution in [0.1, 0.15) is 28.8 Å². The molecule has 2 aromatic carbocycles. The van der Waals surface area contributed by atoms with Gasteiger partial charge in [-0.1, -0.05) is 12.1 Å². The molecule has 0 bridgehead atoms. The molecule has 0 atom stereocenters. The molecule has 1 saturated heterocycles. The zero-order valence-corrected chi connectivity index (χ0v) is 19.4. The van der Waals surface area contributed by atoms with Gasteiger partial charge in [0, 0.05) is 44.3 Å². The van der Waals surface area contributed by atoms with Crippen LogP contribution in [0.25, 0.3) is 0 Å². The van der Waals surface area contributed by atoms with Crippen molar-refractivity contribution in [2.75, 3.05) is 46.7 Å². The van der Waals surface area contributed by atoms with Gasteiger partial charge in [0.05, 0.1) is 19.3 Å². The number of nitrogens with one attached hydrogen (secondary N) is 1. The summed E-state index contributed by atoms with van der Waals surface area (Å²) >= 11 is 1.76. The van der Waals surface area contributed by atoms with E-state index in [-0.39, 0.29) is 12.0 Å². The van der Waals surface area contributed by atoms with Gasteiger partial charge in [0.1, 0.15) is 17.6 Å². The number of hydrogen-bond donors (Lipinski definition) is 1. The summed E-state index contributed by atoms with van der Waals surface area (Å²) in [5.74, 6) is 1.08. The molecule has 168 valence electrons. The summed E-state index contributed by atoms with van der Waals surface area (Å²) in [7, 11) is 3.22. The highest BCUT2D eigenvalue weighted by atomic mass is 32.2. The Morgan fingerprint density at radius 1 is 1.13 bits per heavy atom. The van der Waals surface area contributed by atoms with Gasteiger partial charge in [0.15, 0.2) is 0 Å². The van der Waals surface area contributed by atoms with Gasteiger partial charge >= 0.3 is 0 Å². The molecule has 2 aromatic rings. The number of amides is 1. The third-order valence-electron chi connectivity index (χ3n) is 5.42. The van der Waals surface area contributed by atoms with Crippen molar-refractivity contribution < 1.29 is 19.0 Å². The lowest BCUT2D eigenvalue weighted by Crippen LogP contribution is -2.38. The molecule has 0 spiro atoms. The third kappa shape index (κ3) is 6.89.